The molecule has 0 radical (unpaired) electrons. The topological polar surface area (TPSA) is 101 Å². The molecule has 0 spiro atoms. The minimum atomic E-state index is -4.28. The summed E-state index contributed by atoms with van der Waals surface area (Å²) in [5.41, 5.74) is 3.50. The van der Waals surface area contributed by atoms with Crippen molar-refractivity contribution in [1.82, 2.24) is 0 Å². The van der Waals surface area contributed by atoms with Crippen LogP contribution >= 0.6 is 0 Å². The first-order valence-electron chi connectivity index (χ1n) is 14.5. The van der Waals surface area contributed by atoms with Crippen LogP contribution in [0.5, 0.6) is 0 Å². The predicted octanol–water partition coefficient (Wildman–Crippen LogP) is 5.05. The van der Waals surface area contributed by atoms with Gasteiger partial charge in [0.1, 0.15) is 18.3 Å². The summed E-state index contributed by atoms with van der Waals surface area (Å²) >= 11 is 0. The van der Waals surface area contributed by atoms with E-state index in [0.29, 0.717) is 0 Å². The monoisotopic (exact) mass is 618 g/mol. The lowest BCUT2D eigenvalue weighted by Gasteiger charge is -2.49. The second-order valence-corrected chi connectivity index (χ2v) is 12.9. The van der Waals surface area contributed by atoms with E-state index in [1.165, 1.54) is 0 Å². The lowest BCUT2D eigenvalue weighted by atomic mass is 9.97. The molecular weight excluding hydrogens is 580 g/mol. The highest BCUT2D eigenvalue weighted by Crippen LogP contribution is 2.38. The van der Waals surface area contributed by atoms with Crippen LogP contribution in [0.2, 0.25) is 0 Å². The van der Waals surface area contributed by atoms with Gasteiger partial charge in [-0.1, -0.05) is 121 Å². The number of hydrogen-bond acceptors (Lipinski definition) is 8. The second kappa shape index (κ2) is 15.0. The summed E-state index contributed by atoms with van der Waals surface area (Å²) in [5.74, 6) is 0. The Bertz CT molecular complexity index is 1520. The minimum Gasteiger partial charge on any atom is -0.374 e. The predicted molar refractivity (Wildman–Crippen MR) is 166 cm³/mol. The van der Waals surface area contributed by atoms with Crippen LogP contribution in [0.4, 0.5) is 0 Å². The fourth-order valence-electron chi connectivity index (χ4n) is 5.12. The summed E-state index contributed by atoms with van der Waals surface area (Å²) in [6.07, 6.45) is -3.46. The molecule has 1 N–H and O–H groups in total. The molecule has 8 nitrogen and oxygen atoms in total. The maximum absolute atomic E-state index is 13.3. The Morgan fingerprint density at radius 3 is 1.43 bits per heavy atom. The van der Waals surface area contributed by atoms with Crippen molar-refractivity contribution in [2.45, 2.75) is 56.0 Å². The molecule has 44 heavy (non-hydrogen) atoms. The molecule has 4 aromatic rings. The van der Waals surface area contributed by atoms with E-state index < -0.39 is 39.4 Å². The van der Waals surface area contributed by atoms with Gasteiger partial charge in [-0.2, -0.15) is 0 Å². The third kappa shape index (κ3) is 8.19. The summed E-state index contributed by atoms with van der Waals surface area (Å²) < 4.78 is 57.8. The van der Waals surface area contributed by atoms with Crippen LogP contribution in [-0.4, -0.2) is 55.9 Å². The van der Waals surface area contributed by atoms with Gasteiger partial charge in [-0.3, -0.25) is 0 Å². The molecular formula is C35H38O8S. The molecule has 1 aliphatic rings. The van der Waals surface area contributed by atoms with Crippen molar-refractivity contribution in [1.29, 1.82) is 0 Å². The first-order valence-corrected chi connectivity index (χ1v) is 16.4. The van der Waals surface area contributed by atoms with Crippen molar-refractivity contribution in [3.8, 4) is 0 Å². The van der Waals surface area contributed by atoms with Gasteiger partial charge in [0.15, 0.2) is 6.10 Å². The lowest BCUT2D eigenvalue weighted by Crippen LogP contribution is -2.69. The van der Waals surface area contributed by atoms with Crippen LogP contribution < -0.4 is 0 Å². The van der Waals surface area contributed by atoms with E-state index in [1.54, 1.807) is 0 Å². The Balaban J connectivity index is 1.49. The quantitative estimate of drug-likeness (QED) is 0.210. The number of sulfone groups is 1. The fraction of sp³-hybridized carbons (Fsp3) is 0.314. The number of benzene rings is 4. The van der Waals surface area contributed by atoms with Crippen LogP contribution in [0.15, 0.2) is 121 Å². The highest BCUT2D eigenvalue weighted by molar-refractivity contribution is 7.91. The first kappa shape index (κ1) is 32.0. The summed E-state index contributed by atoms with van der Waals surface area (Å²) in [6.45, 7) is 0.519. The standard InChI is InChI=1S/C35H38O8S/c1-44(37,38)35(36)34(42-25-30-20-12-5-13-21-30)33(41-24-29-18-10-4-11-19-29)32(40-23-28-16-8-3-9-17-28)31(43-35)26-39-22-27-14-6-2-7-15-27/h2-21,31-34,36H,22-26H2,1H3/t31-,32-,33+,34-,35?/m1/s1. The molecule has 0 aromatic heterocycles. The van der Waals surface area contributed by atoms with Crippen molar-refractivity contribution in [3.05, 3.63) is 144 Å². The van der Waals surface area contributed by atoms with E-state index in [1.807, 2.05) is 121 Å². The summed E-state index contributed by atoms with van der Waals surface area (Å²) in [5, 5.41) is 9.14. The summed E-state index contributed by atoms with van der Waals surface area (Å²) in [4.78, 5) is 0. The average molecular weight is 619 g/mol. The maximum atomic E-state index is 13.3. The van der Waals surface area contributed by atoms with E-state index in [2.05, 4.69) is 0 Å². The Morgan fingerprint density at radius 2 is 1.00 bits per heavy atom. The molecule has 0 bridgehead atoms. The first-order chi connectivity index (χ1) is 21.3. The van der Waals surface area contributed by atoms with E-state index in [4.69, 9.17) is 23.7 Å². The Labute approximate surface area is 259 Å². The molecule has 232 valence electrons. The molecule has 0 aliphatic carbocycles. The number of aliphatic hydroxyl groups is 1. The highest BCUT2D eigenvalue weighted by atomic mass is 32.2. The SMILES string of the molecule is CS(=O)(=O)C1(O)O[C@H](COCc2ccccc2)[C@@H](OCc2ccccc2)[C@H](OCc2ccccc2)[C@H]1OCc1ccccc1. The van der Waals surface area contributed by atoms with Gasteiger partial charge in [0.05, 0.1) is 33.0 Å². The molecule has 5 rings (SSSR count). The van der Waals surface area contributed by atoms with Crippen LogP contribution in [0.1, 0.15) is 22.3 Å². The molecule has 5 atom stereocenters. The van der Waals surface area contributed by atoms with E-state index in [-0.39, 0.29) is 33.0 Å². The van der Waals surface area contributed by atoms with Crippen molar-refractivity contribution in [3.63, 3.8) is 0 Å². The van der Waals surface area contributed by atoms with E-state index in [9.17, 15) is 13.5 Å². The zero-order chi connectivity index (χ0) is 30.8. The van der Waals surface area contributed by atoms with Crippen molar-refractivity contribution in [2.75, 3.05) is 12.9 Å². The van der Waals surface area contributed by atoms with Gasteiger partial charge >= 0.3 is 5.12 Å². The highest BCUT2D eigenvalue weighted by Gasteiger charge is 2.61. The largest absolute Gasteiger partial charge is 0.374 e. The molecule has 1 fully saturated rings. The van der Waals surface area contributed by atoms with Gasteiger partial charge in [-0.25, -0.2) is 8.42 Å². The molecule has 0 saturated carbocycles. The number of ether oxygens (including phenoxy) is 5. The van der Waals surface area contributed by atoms with Gasteiger partial charge < -0.3 is 28.8 Å². The Morgan fingerprint density at radius 1 is 0.614 bits per heavy atom. The van der Waals surface area contributed by atoms with Gasteiger partial charge in [0, 0.05) is 6.26 Å². The molecule has 0 amide bonds. The van der Waals surface area contributed by atoms with E-state index >= 15 is 0 Å². The second-order valence-electron chi connectivity index (χ2n) is 10.8. The zero-order valence-corrected chi connectivity index (χ0v) is 25.4. The molecule has 1 saturated heterocycles. The maximum Gasteiger partial charge on any atom is 0.301 e. The molecule has 1 unspecified atom stereocenters. The fourth-order valence-corrected chi connectivity index (χ4v) is 6.04. The van der Waals surface area contributed by atoms with Crippen molar-refractivity contribution in [2.24, 2.45) is 0 Å². The van der Waals surface area contributed by atoms with Gasteiger partial charge in [0.2, 0.25) is 9.84 Å². The Kier molecular flexibility index (Phi) is 10.9. The van der Waals surface area contributed by atoms with Gasteiger partial charge in [-0.15, -0.1) is 0 Å². The zero-order valence-electron chi connectivity index (χ0n) is 24.6. The molecule has 9 heteroatoms. The van der Waals surface area contributed by atoms with E-state index in [0.717, 1.165) is 28.5 Å². The lowest BCUT2D eigenvalue weighted by molar-refractivity contribution is -0.336. The summed E-state index contributed by atoms with van der Waals surface area (Å²) in [6, 6.07) is 38.0. The van der Waals surface area contributed by atoms with Gasteiger partial charge in [-0.05, 0) is 22.3 Å². The number of hydrogen-bond donors (Lipinski definition) is 1. The average Bonchev–Trinajstić information content (AvgIpc) is 3.04. The molecule has 4 aromatic carbocycles. The Hall–Kier alpha value is -3.41. The third-order valence-electron chi connectivity index (χ3n) is 7.44. The minimum absolute atomic E-state index is 0.0124. The van der Waals surface area contributed by atoms with Crippen LogP contribution in [0.25, 0.3) is 0 Å². The normalized spacial score (nSPS) is 23.8. The smallest absolute Gasteiger partial charge is 0.301 e. The van der Waals surface area contributed by atoms with Crippen molar-refractivity contribution >= 4 is 9.84 Å². The van der Waals surface area contributed by atoms with Crippen molar-refractivity contribution < 1.29 is 37.2 Å². The molecule has 1 heterocycles. The van der Waals surface area contributed by atoms with Crippen LogP contribution in [0, 0.1) is 0 Å². The molecule has 1 aliphatic heterocycles. The van der Waals surface area contributed by atoms with Crippen LogP contribution in [-0.2, 0) is 59.9 Å². The van der Waals surface area contributed by atoms with Gasteiger partial charge in [0.25, 0.3) is 0 Å². The third-order valence-corrected chi connectivity index (χ3v) is 8.83. The van der Waals surface area contributed by atoms with Crippen LogP contribution in [0.3, 0.4) is 0 Å². The number of rotatable bonds is 14. The summed E-state index contributed by atoms with van der Waals surface area (Å²) in [7, 11) is -4.28.